The normalized spacial score (nSPS) is 10.3. The van der Waals surface area contributed by atoms with Crippen molar-refractivity contribution in [3.63, 3.8) is 0 Å². The summed E-state index contributed by atoms with van der Waals surface area (Å²) in [5, 5.41) is 3.43. The minimum atomic E-state index is 0.392. The molecule has 0 aromatic heterocycles. The zero-order valence-corrected chi connectivity index (χ0v) is 13.7. The Morgan fingerprint density at radius 2 is 1.85 bits per heavy atom. The van der Waals surface area contributed by atoms with Gasteiger partial charge in [-0.25, -0.2) is 0 Å². The van der Waals surface area contributed by atoms with E-state index in [0.717, 1.165) is 28.7 Å². The standard InChI is InChI=1S/C16H17BrN2S/c1-2-11-6-3-4-7-12(11)10-19-14-9-5-8-13(17)15(14)16(18)20/h3-9,19H,2,10H2,1H3,(H2,18,20). The highest BCUT2D eigenvalue weighted by molar-refractivity contribution is 9.10. The molecule has 0 aliphatic carbocycles. The van der Waals surface area contributed by atoms with Crippen LogP contribution in [0.3, 0.4) is 0 Å². The number of hydrogen-bond acceptors (Lipinski definition) is 2. The van der Waals surface area contributed by atoms with E-state index in [1.54, 1.807) is 0 Å². The highest BCUT2D eigenvalue weighted by Crippen LogP contribution is 2.25. The summed E-state index contributed by atoms with van der Waals surface area (Å²) < 4.78 is 0.916. The molecule has 0 amide bonds. The maximum absolute atomic E-state index is 5.80. The number of aryl methyl sites for hydroxylation is 1. The van der Waals surface area contributed by atoms with Gasteiger partial charge in [-0.05, 0) is 45.6 Å². The quantitative estimate of drug-likeness (QED) is 0.793. The van der Waals surface area contributed by atoms with E-state index in [9.17, 15) is 0 Å². The lowest BCUT2D eigenvalue weighted by atomic mass is 10.1. The van der Waals surface area contributed by atoms with Crippen molar-refractivity contribution >= 4 is 38.8 Å². The van der Waals surface area contributed by atoms with Crippen LogP contribution in [0, 0.1) is 0 Å². The van der Waals surface area contributed by atoms with E-state index in [1.807, 2.05) is 18.2 Å². The van der Waals surface area contributed by atoms with Gasteiger partial charge >= 0.3 is 0 Å². The van der Waals surface area contributed by atoms with Crippen molar-refractivity contribution in [3.8, 4) is 0 Å². The number of nitrogens with two attached hydrogens (primary N) is 1. The lowest BCUT2D eigenvalue weighted by Crippen LogP contribution is -2.14. The summed E-state index contributed by atoms with van der Waals surface area (Å²) in [6.07, 6.45) is 1.03. The Morgan fingerprint density at radius 3 is 2.50 bits per heavy atom. The second kappa shape index (κ2) is 6.86. The lowest BCUT2D eigenvalue weighted by molar-refractivity contribution is 1.04. The van der Waals surface area contributed by atoms with Crippen LogP contribution in [0.4, 0.5) is 5.69 Å². The van der Waals surface area contributed by atoms with Gasteiger partial charge in [-0.3, -0.25) is 0 Å². The zero-order chi connectivity index (χ0) is 14.5. The first kappa shape index (κ1) is 15.0. The molecule has 2 aromatic rings. The molecule has 0 spiro atoms. The molecule has 4 heteroatoms. The minimum absolute atomic E-state index is 0.392. The van der Waals surface area contributed by atoms with E-state index in [0.29, 0.717) is 4.99 Å². The number of halogens is 1. The van der Waals surface area contributed by atoms with Crippen LogP contribution < -0.4 is 11.1 Å². The molecular weight excluding hydrogens is 332 g/mol. The number of benzene rings is 2. The van der Waals surface area contributed by atoms with Crippen LogP contribution in [0.2, 0.25) is 0 Å². The largest absolute Gasteiger partial charge is 0.389 e. The SMILES string of the molecule is CCc1ccccc1CNc1cccc(Br)c1C(N)=S. The minimum Gasteiger partial charge on any atom is -0.389 e. The monoisotopic (exact) mass is 348 g/mol. The fraction of sp³-hybridized carbons (Fsp3) is 0.188. The first-order chi connectivity index (χ1) is 9.63. The fourth-order valence-electron chi connectivity index (χ4n) is 2.19. The van der Waals surface area contributed by atoms with Gasteiger partial charge in [0.15, 0.2) is 0 Å². The molecule has 2 rings (SSSR count). The highest BCUT2D eigenvalue weighted by Gasteiger charge is 2.09. The molecule has 0 aliphatic heterocycles. The first-order valence-electron chi connectivity index (χ1n) is 6.52. The molecule has 2 aromatic carbocycles. The Hall–Kier alpha value is -1.39. The number of rotatable bonds is 5. The molecule has 104 valence electrons. The van der Waals surface area contributed by atoms with Crippen LogP contribution in [0.15, 0.2) is 46.9 Å². The van der Waals surface area contributed by atoms with Gasteiger partial charge in [-0.2, -0.15) is 0 Å². The van der Waals surface area contributed by atoms with Gasteiger partial charge in [0.05, 0.1) is 0 Å². The van der Waals surface area contributed by atoms with Crippen molar-refractivity contribution in [2.45, 2.75) is 19.9 Å². The van der Waals surface area contributed by atoms with Crippen molar-refractivity contribution in [3.05, 3.63) is 63.6 Å². The predicted octanol–water partition coefficient (Wildman–Crippen LogP) is 4.26. The average Bonchev–Trinajstić information content (AvgIpc) is 2.45. The third-order valence-electron chi connectivity index (χ3n) is 3.23. The molecule has 0 atom stereocenters. The highest BCUT2D eigenvalue weighted by atomic mass is 79.9. The zero-order valence-electron chi connectivity index (χ0n) is 11.3. The van der Waals surface area contributed by atoms with E-state index in [-0.39, 0.29) is 0 Å². The van der Waals surface area contributed by atoms with Crippen molar-refractivity contribution in [1.29, 1.82) is 0 Å². The Bertz CT molecular complexity index is 626. The summed E-state index contributed by atoms with van der Waals surface area (Å²) in [5.74, 6) is 0. The summed E-state index contributed by atoms with van der Waals surface area (Å²) in [6, 6.07) is 14.3. The van der Waals surface area contributed by atoms with E-state index in [1.165, 1.54) is 11.1 Å². The van der Waals surface area contributed by atoms with Gasteiger partial charge in [0.25, 0.3) is 0 Å². The molecular formula is C16H17BrN2S. The third kappa shape index (κ3) is 3.38. The van der Waals surface area contributed by atoms with Gasteiger partial charge in [0, 0.05) is 22.3 Å². The number of thiocarbonyl (C=S) groups is 1. The van der Waals surface area contributed by atoms with E-state index < -0.39 is 0 Å². The van der Waals surface area contributed by atoms with Gasteiger partial charge in [-0.1, -0.05) is 49.5 Å². The molecule has 0 saturated heterocycles. The Morgan fingerprint density at radius 1 is 1.15 bits per heavy atom. The van der Waals surface area contributed by atoms with Crippen molar-refractivity contribution < 1.29 is 0 Å². The Balaban J connectivity index is 2.23. The summed E-state index contributed by atoms with van der Waals surface area (Å²) in [5.41, 5.74) is 10.3. The van der Waals surface area contributed by atoms with Crippen molar-refractivity contribution in [2.24, 2.45) is 5.73 Å². The first-order valence-corrected chi connectivity index (χ1v) is 7.72. The van der Waals surface area contributed by atoms with Gasteiger partial charge in [0.2, 0.25) is 0 Å². The van der Waals surface area contributed by atoms with Crippen LogP contribution in [-0.2, 0) is 13.0 Å². The topological polar surface area (TPSA) is 38.0 Å². The summed E-state index contributed by atoms with van der Waals surface area (Å²) >= 11 is 8.62. The number of nitrogens with one attached hydrogen (secondary N) is 1. The van der Waals surface area contributed by atoms with E-state index in [2.05, 4.69) is 52.4 Å². The molecule has 0 saturated carbocycles. The maximum Gasteiger partial charge on any atom is 0.107 e. The summed E-state index contributed by atoms with van der Waals surface area (Å²) in [6.45, 7) is 2.93. The Labute approximate surface area is 133 Å². The van der Waals surface area contributed by atoms with Crippen molar-refractivity contribution in [1.82, 2.24) is 0 Å². The molecule has 20 heavy (non-hydrogen) atoms. The average molecular weight is 349 g/mol. The second-order valence-corrected chi connectivity index (χ2v) is 5.80. The van der Waals surface area contributed by atoms with Crippen LogP contribution in [0.5, 0.6) is 0 Å². The van der Waals surface area contributed by atoms with E-state index >= 15 is 0 Å². The van der Waals surface area contributed by atoms with Gasteiger partial charge in [-0.15, -0.1) is 0 Å². The molecule has 0 aliphatic rings. The summed E-state index contributed by atoms with van der Waals surface area (Å²) in [7, 11) is 0. The third-order valence-corrected chi connectivity index (χ3v) is 4.09. The molecule has 0 heterocycles. The molecule has 2 nitrogen and oxygen atoms in total. The molecule has 0 fully saturated rings. The van der Waals surface area contributed by atoms with E-state index in [4.69, 9.17) is 18.0 Å². The molecule has 0 radical (unpaired) electrons. The summed E-state index contributed by atoms with van der Waals surface area (Å²) in [4.78, 5) is 0.392. The van der Waals surface area contributed by atoms with Crippen molar-refractivity contribution in [2.75, 3.05) is 5.32 Å². The van der Waals surface area contributed by atoms with Crippen LogP contribution in [-0.4, -0.2) is 4.99 Å². The van der Waals surface area contributed by atoms with Crippen LogP contribution >= 0.6 is 28.1 Å². The number of anilines is 1. The Kier molecular flexibility index (Phi) is 5.15. The lowest BCUT2D eigenvalue weighted by Gasteiger charge is -2.14. The van der Waals surface area contributed by atoms with Gasteiger partial charge in [0.1, 0.15) is 4.99 Å². The number of hydrogen-bond donors (Lipinski definition) is 2. The predicted molar refractivity (Wildman–Crippen MR) is 93.2 cm³/mol. The smallest absolute Gasteiger partial charge is 0.107 e. The van der Waals surface area contributed by atoms with Crippen LogP contribution in [0.1, 0.15) is 23.6 Å². The van der Waals surface area contributed by atoms with Crippen LogP contribution in [0.25, 0.3) is 0 Å². The maximum atomic E-state index is 5.80. The molecule has 0 bridgehead atoms. The molecule has 3 N–H and O–H groups in total. The van der Waals surface area contributed by atoms with Gasteiger partial charge < -0.3 is 11.1 Å². The molecule has 0 unspecified atom stereocenters. The fourth-order valence-corrected chi connectivity index (χ4v) is 3.12. The second-order valence-electron chi connectivity index (χ2n) is 4.50.